The summed E-state index contributed by atoms with van der Waals surface area (Å²) in [6.45, 7) is 6.26. The third-order valence-electron chi connectivity index (χ3n) is 6.25. The Kier molecular flexibility index (Phi) is 6.39. The second kappa shape index (κ2) is 9.59. The maximum atomic E-state index is 13.2. The second-order valence-corrected chi connectivity index (χ2v) is 10.2. The van der Waals surface area contributed by atoms with E-state index in [1.807, 2.05) is 27.8 Å². The van der Waals surface area contributed by atoms with Crippen LogP contribution in [0.1, 0.15) is 17.5 Å². The Morgan fingerprint density at radius 3 is 2.76 bits per heavy atom. The molecule has 1 saturated heterocycles. The molecule has 0 N–H and O–H groups in total. The van der Waals surface area contributed by atoms with E-state index in [0.29, 0.717) is 23.3 Å². The van der Waals surface area contributed by atoms with Crippen LogP contribution in [0.3, 0.4) is 0 Å². The Labute approximate surface area is 200 Å². The van der Waals surface area contributed by atoms with Crippen molar-refractivity contribution in [3.8, 4) is 10.4 Å². The van der Waals surface area contributed by atoms with Crippen molar-refractivity contribution >= 4 is 38.8 Å². The Bertz CT molecular complexity index is 1330. The van der Waals surface area contributed by atoms with Crippen LogP contribution in [0, 0.1) is 6.92 Å². The second-order valence-electron chi connectivity index (χ2n) is 8.42. The molecule has 1 amide bonds. The number of nitrogens with zero attached hydrogens (tertiary/aromatic N) is 4. The first-order valence-electron chi connectivity index (χ1n) is 11.2. The lowest BCUT2D eigenvalue weighted by molar-refractivity contribution is -0.131. The van der Waals surface area contributed by atoms with Crippen LogP contribution in [-0.4, -0.2) is 51.4 Å². The molecule has 6 nitrogen and oxygen atoms in total. The number of aryl methyl sites for hydroxylation is 1. The highest BCUT2D eigenvalue weighted by atomic mass is 32.1. The molecule has 8 heteroatoms. The van der Waals surface area contributed by atoms with Gasteiger partial charge in [-0.25, -0.2) is 4.98 Å². The molecular formula is C25H26N4O2S2. The third kappa shape index (κ3) is 4.64. The number of aromatic nitrogens is 2. The zero-order chi connectivity index (χ0) is 22.8. The lowest BCUT2D eigenvalue weighted by Crippen LogP contribution is -2.39. The monoisotopic (exact) mass is 478 g/mol. The van der Waals surface area contributed by atoms with Crippen molar-refractivity contribution in [2.24, 2.45) is 0 Å². The molecule has 4 aromatic rings. The lowest BCUT2D eigenvalue weighted by Gasteiger charge is -2.23. The highest BCUT2D eigenvalue weighted by molar-refractivity contribution is 7.18. The van der Waals surface area contributed by atoms with E-state index in [1.54, 1.807) is 11.3 Å². The molecular weight excluding hydrogens is 452 g/mol. The zero-order valence-electron chi connectivity index (χ0n) is 18.6. The molecule has 0 unspecified atom stereocenters. The maximum Gasteiger partial charge on any atom is 0.263 e. The largest absolute Gasteiger partial charge is 0.340 e. The number of thiophene rings is 2. The summed E-state index contributed by atoms with van der Waals surface area (Å²) >= 11 is 3.07. The summed E-state index contributed by atoms with van der Waals surface area (Å²) in [6, 6.07) is 12.4. The van der Waals surface area contributed by atoms with Crippen LogP contribution < -0.4 is 5.56 Å². The fraction of sp³-hybridized carbons (Fsp3) is 0.320. The van der Waals surface area contributed by atoms with Gasteiger partial charge < -0.3 is 4.90 Å². The van der Waals surface area contributed by atoms with Crippen LogP contribution in [0.2, 0.25) is 0 Å². The molecule has 1 aliphatic rings. The number of fused-ring (bicyclic) bond motifs is 1. The lowest BCUT2D eigenvalue weighted by atomic mass is 10.1. The summed E-state index contributed by atoms with van der Waals surface area (Å²) in [5.74, 6) is -0.0242. The summed E-state index contributed by atoms with van der Waals surface area (Å²) in [7, 11) is 0. The molecule has 0 aliphatic carbocycles. The van der Waals surface area contributed by atoms with Crippen LogP contribution in [-0.2, 0) is 17.9 Å². The SMILES string of the molecule is Cc1ccccc1CN1CCCN(C(=O)Cn2cnc3scc(-c4cccs4)c3c2=O)CC1. The molecule has 0 bridgehead atoms. The van der Waals surface area contributed by atoms with Crippen LogP contribution >= 0.6 is 22.7 Å². The number of carbonyl (C=O) groups is 1. The average Bonchev–Trinajstić information content (AvgIpc) is 3.43. The van der Waals surface area contributed by atoms with E-state index in [9.17, 15) is 9.59 Å². The van der Waals surface area contributed by atoms with Gasteiger partial charge in [-0.05, 0) is 35.9 Å². The van der Waals surface area contributed by atoms with Gasteiger partial charge in [-0.15, -0.1) is 22.7 Å². The Morgan fingerprint density at radius 2 is 1.94 bits per heavy atom. The van der Waals surface area contributed by atoms with E-state index in [1.165, 1.54) is 33.4 Å². The van der Waals surface area contributed by atoms with Gasteiger partial charge in [0.1, 0.15) is 11.4 Å². The molecule has 0 spiro atoms. The minimum absolute atomic E-state index is 0.0242. The molecule has 1 aliphatic heterocycles. The normalized spacial score (nSPS) is 15.1. The van der Waals surface area contributed by atoms with Crippen molar-refractivity contribution in [3.05, 3.63) is 75.0 Å². The van der Waals surface area contributed by atoms with Crippen LogP contribution in [0.5, 0.6) is 0 Å². The molecule has 3 aromatic heterocycles. The van der Waals surface area contributed by atoms with Crippen molar-refractivity contribution in [2.45, 2.75) is 26.4 Å². The van der Waals surface area contributed by atoms with E-state index < -0.39 is 0 Å². The molecule has 1 aromatic carbocycles. The fourth-order valence-electron chi connectivity index (χ4n) is 4.35. The van der Waals surface area contributed by atoms with Gasteiger partial charge in [0.05, 0.1) is 11.7 Å². The first-order chi connectivity index (χ1) is 16.1. The average molecular weight is 479 g/mol. The smallest absolute Gasteiger partial charge is 0.263 e. The Hall–Kier alpha value is -2.81. The van der Waals surface area contributed by atoms with Crippen molar-refractivity contribution in [2.75, 3.05) is 26.2 Å². The van der Waals surface area contributed by atoms with E-state index in [-0.39, 0.29) is 18.0 Å². The number of carbonyl (C=O) groups excluding carboxylic acids is 1. The van der Waals surface area contributed by atoms with Gasteiger partial charge in [0.25, 0.3) is 5.56 Å². The van der Waals surface area contributed by atoms with Gasteiger partial charge in [0, 0.05) is 48.5 Å². The van der Waals surface area contributed by atoms with Crippen LogP contribution in [0.25, 0.3) is 20.7 Å². The summed E-state index contributed by atoms with van der Waals surface area (Å²) in [4.78, 5) is 36.9. The van der Waals surface area contributed by atoms with Crippen molar-refractivity contribution < 1.29 is 4.79 Å². The van der Waals surface area contributed by atoms with Gasteiger partial charge in [-0.2, -0.15) is 0 Å². The van der Waals surface area contributed by atoms with Crippen molar-refractivity contribution in [1.82, 2.24) is 19.4 Å². The number of benzene rings is 1. The number of rotatable bonds is 5. The highest BCUT2D eigenvalue weighted by Gasteiger charge is 2.21. The summed E-state index contributed by atoms with van der Waals surface area (Å²) < 4.78 is 1.46. The number of amides is 1. The molecule has 1 fully saturated rings. The van der Waals surface area contributed by atoms with Gasteiger partial charge >= 0.3 is 0 Å². The first kappa shape index (κ1) is 22.0. The van der Waals surface area contributed by atoms with Crippen molar-refractivity contribution in [3.63, 3.8) is 0 Å². The maximum absolute atomic E-state index is 13.2. The topological polar surface area (TPSA) is 58.4 Å². The predicted octanol–water partition coefficient (Wildman–Crippen LogP) is 4.23. The van der Waals surface area contributed by atoms with E-state index >= 15 is 0 Å². The molecule has 0 atom stereocenters. The van der Waals surface area contributed by atoms with Gasteiger partial charge in [0.2, 0.25) is 5.91 Å². The number of hydrogen-bond acceptors (Lipinski definition) is 6. The van der Waals surface area contributed by atoms with Crippen LogP contribution in [0.15, 0.2) is 58.3 Å². The highest BCUT2D eigenvalue weighted by Crippen LogP contribution is 2.33. The Balaban J connectivity index is 1.29. The molecule has 33 heavy (non-hydrogen) atoms. The standard InChI is InChI=1S/C25H26N4O2S2/c1-18-6-2-3-7-19(18)14-27-9-5-10-28(12-11-27)22(30)15-29-17-26-24-23(25(29)31)20(16-33-24)21-8-4-13-32-21/h2-4,6-8,13,16-17H,5,9-12,14-15H2,1H3. The minimum atomic E-state index is -0.144. The molecule has 5 rings (SSSR count). The van der Waals surface area contributed by atoms with E-state index in [0.717, 1.165) is 36.5 Å². The van der Waals surface area contributed by atoms with E-state index in [4.69, 9.17) is 0 Å². The minimum Gasteiger partial charge on any atom is -0.340 e. The Morgan fingerprint density at radius 1 is 1.06 bits per heavy atom. The fourth-order valence-corrected chi connectivity index (χ4v) is 6.07. The number of hydrogen-bond donors (Lipinski definition) is 0. The van der Waals surface area contributed by atoms with Crippen molar-refractivity contribution in [1.29, 1.82) is 0 Å². The summed E-state index contributed by atoms with van der Waals surface area (Å²) in [6.07, 6.45) is 2.44. The van der Waals surface area contributed by atoms with Crippen LogP contribution in [0.4, 0.5) is 0 Å². The van der Waals surface area contributed by atoms with E-state index in [2.05, 4.69) is 41.1 Å². The third-order valence-corrected chi connectivity index (χ3v) is 8.04. The quantitative estimate of drug-likeness (QED) is 0.431. The molecule has 170 valence electrons. The summed E-state index contributed by atoms with van der Waals surface area (Å²) in [5.41, 5.74) is 3.40. The van der Waals surface area contributed by atoms with Gasteiger partial charge in [-0.1, -0.05) is 30.3 Å². The summed E-state index contributed by atoms with van der Waals surface area (Å²) in [5, 5.41) is 4.59. The molecule has 4 heterocycles. The van der Waals surface area contributed by atoms with Gasteiger partial charge in [0.15, 0.2) is 0 Å². The molecule has 0 radical (unpaired) electrons. The first-order valence-corrected chi connectivity index (χ1v) is 12.9. The molecule has 0 saturated carbocycles. The zero-order valence-corrected chi connectivity index (χ0v) is 20.2. The predicted molar refractivity (Wildman–Crippen MR) is 135 cm³/mol. The van der Waals surface area contributed by atoms with Gasteiger partial charge in [-0.3, -0.25) is 19.1 Å².